The quantitative estimate of drug-likeness (QED) is 0.217. The summed E-state index contributed by atoms with van der Waals surface area (Å²) in [5, 5.41) is 7.98. The minimum absolute atomic E-state index is 0.113. The summed E-state index contributed by atoms with van der Waals surface area (Å²) >= 11 is 0. The Morgan fingerprint density at radius 3 is 1.17 bits per heavy atom. The zero-order chi connectivity index (χ0) is 37.8. The SMILES string of the molecule is Cc1cc(Nc2ccc3c(c2)C(C)(C)CCC3(C)C)c(C)c(-c2cc3c(cc2Nc2ccc4c(c2)C(C)(C)CCC4(C)C)C(C)(C)CCC3(C)C)c1. The van der Waals surface area contributed by atoms with Crippen LogP contribution in [0.4, 0.5) is 22.7 Å². The fourth-order valence-corrected chi connectivity index (χ4v) is 9.85. The first kappa shape index (κ1) is 36.8. The molecule has 2 nitrogen and oxygen atoms in total. The zero-order valence-electron chi connectivity index (χ0n) is 35.0. The van der Waals surface area contributed by atoms with Crippen molar-refractivity contribution in [1.82, 2.24) is 0 Å². The van der Waals surface area contributed by atoms with Crippen molar-refractivity contribution in [2.45, 2.75) is 168 Å². The molecule has 3 aliphatic carbocycles. The lowest BCUT2D eigenvalue weighted by molar-refractivity contribution is 0.332. The van der Waals surface area contributed by atoms with Crippen LogP contribution < -0.4 is 10.6 Å². The van der Waals surface area contributed by atoms with Gasteiger partial charge in [0.1, 0.15) is 0 Å². The Bertz CT molecular complexity index is 2060. The number of rotatable bonds is 5. The van der Waals surface area contributed by atoms with E-state index in [1.807, 2.05) is 0 Å². The van der Waals surface area contributed by atoms with E-state index in [1.54, 1.807) is 0 Å². The Labute approximate surface area is 316 Å². The highest BCUT2D eigenvalue weighted by Gasteiger charge is 2.40. The van der Waals surface area contributed by atoms with Crippen molar-refractivity contribution in [2.24, 2.45) is 0 Å². The van der Waals surface area contributed by atoms with Gasteiger partial charge in [0, 0.05) is 28.3 Å². The van der Waals surface area contributed by atoms with Crippen LogP contribution in [0.15, 0.2) is 60.7 Å². The summed E-state index contributed by atoms with van der Waals surface area (Å²) in [6.45, 7) is 33.6. The smallest absolute Gasteiger partial charge is 0.0467 e. The summed E-state index contributed by atoms with van der Waals surface area (Å²) < 4.78 is 0. The maximum atomic E-state index is 4.05. The molecule has 0 spiro atoms. The van der Waals surface area contributed by atoms with Gasteiger partial charge in [0.2, 0.25) is 0 Å². The van der Waals surface area contributed by atoms with Crippen LogP contribution in [0, 0.1) is 13.8 Å². The maximum absolute atomic E-state index is 4.05. The molecule has 0 aliphatic heterocycles. The fourth-order valence-electron chi connectivity index (χ4n) is 9.85. The lowest BCUT2D eigenvalue weighted by Crippen LogP contribution is -2.34. The van der Waals surface area contributed by atoms with Crippen molar-refractivity contribution in [3.8, 4) is 11.1 Å². The topological polar surface area (TPSA) is 24.1 Å². The first-order chi connectivity index (χ1) is 24.0. The molecular formula is C50H66N2. The highest BCUT2D eigenvalue weighted by atomic mass is 14.9. The van der Waals surface area contributed by atoms with Gasteiger partial charge in [-0.15, -0.1) is 0 Å². The third kappa shape index (κ3) is 6.31. The molecule has 0 saturated carbocycles. The van der Waals surface area contributed by atoms with Crippen molar-refractivity contribution in [2.75, 3.05) is 10.6 Å². The molecule has 4 aromatic rings. The van der Waals surface area contributed by atoms with Gasteiger partial charge in [-0.05, 0) is 177 Å². The molecule has 276 valence electrons. The summed E-state index contributed by atoms with van der Waals surface area (Å²) in [5.74, 6) is 0. The van der Waals surface area contributed by atoms with E-state index in [0.29, 0.717) is 0 Å². The third-order valence-electron chi connectivity index (χ3n) is 14.1. The molecule has 0 fully saturated rings. The molecule has 0 atom stereocenters. The Kier molecular flexibility index (Phi) is 8.49. The molecule has 0 radical (unpaired) electrons. The van der Waals surface area contributed by atoms with E-state index in [0.717, 1.165) is 0 Å². The minimum Gasteiger partial charge on any atom is -0.355 e. The Morgan fingerprint density at radius 2 is 0.731 bits per heavy atom. The van der Waals surface area contributed by atoms with Gasteiger partial charge in [0.25, 0.3) is 0 Å². The van der Waals surface area contributed by atoms with Crippen molar-refractivity contribution in [3.05, 3.63) is 105 Å². The molecular weight excluding hydrogens is 629 g/mol. The lowest BCUT2D eigenvalue weighted by Gasteiger charge is -2.43. The highest BCUT2D eigenvalue weighted by Crippen LogP contribution is 2.52. The molecule has 0 saturated heterocycles. The van der Waals surface area contributed by atoms with Crippen LogP contribution in [0.1, 0.15) is 166 Å². The van der Waals surface area contributed by atoms with Gasteiger partial charge in [-0.3, -0.25) is 0 Å². The average Bonchev–Trinajstić information content (AvgIpc) is 3.05. The predicted octanol–water partition coefficient (Wildman–Crippen LogP) is 14.5. The van der Waals surface area contributed by atoms with E-state index >= 15 is 0 Å². The molecule has 2 N–H and O–H groups in total. The van der Waals surface area contributed by atoms with Crippen LogP contribution in [0.25, 0.3) is 11.1 Å². The number of aryl methyl sites for hydroxylation is 1. The number of hydrogen-bond acceptors (Lipinski definition) is 2. The van der Waals surface area contributed by atoms with Gasteiger partial charge >= 0.3 is 0 Å². The normalized spacial score (nSPS) is 21.3. The molecule has 0 unspecified atom stereocenters. The molecule has 0 amide bonds. The van der Waals surface area contributed by atoms with E-state index in [9.17, 15) is 0 Å². The molecule has 0 heterocycles. The van der Waals surface area contributed by atoms with Crippen molar-refractivity contribution < 1.29 is 0 Å². The molecule has 7 rings (SSSR count). The molecule has 0 bridgehead atoms. The van der Waals surface area contributed by atoms with Gasteiger partial charge in [-0.1, -0.05) is 101 Å². The van der Waals surface area contributed by atoms with Crippen LogP contribution in [0.3, 0.4) is 0 Å². The minimum atomic E-state index is 0.113. The summed E-state index contributed by atoms with van der Waals surface area (Å²) in [6, 6.07) is 24.1. The largest absolute Gasteiger partial charge is 0.355 e. The predicted molar refractivity (Wildman–Crippen MR) is 227 cm³/mol. The number of fused-ring (bicyclic) bond motifs is 3. The maximum Gasteiger partial charge on any atom is 0.0467 e. The van der Waals surface area contributed by atoms with Crippen molar-refractivity contribution in [3.63, 3.8) is 0 Å². The first-order valence-corrected chi connectivity index (χ1v) is 20.2. The number of benzene rings is 4. The van der Waals surface area contributed by atoms with Gasteiger partial charge < -0.3 is 10.6 Å². The molecule has 0 aromatic heterocycles. The summed E-state index contributed by atoms with van der Waals surface area (Å²) in [4.78, 5) is 0. The highest BCUT2D eigenvalue weighted by molar-refractivity contribution is 5.88. The van der Waals surface area contributed by atoms with E-state index in [1.165, 1.54) is 117 Å². The number of hydrogen-bond donors (Lipinski definition) is 2. The van der Waals surface area contributed by atoms with Crippen molar-refractivity contribution in [1.29, 1.82) is 0 Å². The summed E-state index contributed by atoms with van der Waals surface area (Å²) in [5.41, 5.74) is 19.8. The molecule has 4 aromatic carbocycles. The van der Waals surface area contributed by atoms with Crippen LogP contribution in [0.2, 0.25) is 0 Å². The summed E-state index contributed by atoms with van der Waals surface area (Å²) in [6.07, 6.45) is 7.27. The standard InChI is InChI=1S/C50H66N2/c1-31-25-35(32(2)43(26-31)51-33-15-17-37-39(27-33)47(7,8)21-19-45(37,3)4)36-29-41-42(50(13,14)24-23-49(41,11)12)30-44(36)52-34-16-18-38-40(28-34)48(9,10)22-20-46(38,5)6/h15-18,25-30,51-52H,19-24H2,1-14H3. The van der Waals surface area contributed by atoms with Gasteiger partial charge in [-0.25, -0.2) is 0 Å². The van der Waals surface area contributed by atoms with Gasteiger partial charge in [0.05, 0.1) is 0 Å². The van der Waals surface area contributed by atoms with Crippen molar-refractivity contribution >= 4 is 22.7 Å². The molecule has 3 aliphatic rings. The van der Waals surface area contributed by atoms with Crippen LogP contribution in [-0.4, -0.2) is 0 Å². The van der Waals surface area contributed by atoms with Crippen LogP contribution in [-0.2, 0) is 32.5 Å². The second kappa shape index (κ2) is 12.0. The fraction of sp³-hybridized carbons (Fsp3) is 0.520. The lowest BCUT2D eigenvalue weighted by atomic mass is 9.62. The zero-order valence-corrected chi connectivity index (χ0v) is 35.0. The van der Waals surface area contributed by atoms with E-state index < -0.39 is 0 Å². The number of anilines is 4. The number of nitrogens with one attached hydrogen (secondary N) is 2. The van der Waals surface area contributed by atoms with E-state index in [-0.39, 0.29) is 32.5 Å². The van der Waals surface area contributed by atoms with E-state index in [2.05, 4.69) is 168 Å². The van der Waals surface area contributed by atoms with Gasteiger partial charge in [0.15, 0.2) is 0 Å². The van der Waals surface area contributed by atoms with Crippen LogP contribution in [0.5, 0.6) is 0 Å². The second-order valence-corrected chi connectivity index (χ2v) is 21.0. The monoisotopic (exact) mass is 695 g/mol. The molecule has 2 heteroatoms. The average molecular weight is 695 g/mol. The Morgan fingerprint density at radius 1 is 0.365 bits per heavy atom. The Hall–Kier alpha value is -3.52. The Balaban J connectivity index is 1.37. The van der Waals surface area contributed by atoms with Crippen LogP contribution >= 0.6 is 0 Å². The second-order valence-electron chi connectivity index (χ2n) is 21.0. The first-order valence-electron chi connectivity index (χ1n) is 20.2. The van der Waals surface area contributed by atoms with E-state index in [4.69, 9.17) is 0 Å². The van der Waals surface area contributed by atoms with Gasteiger partial charge in [-0.2, -0.15) is 0 Å². The summed E-state index contributed by atoms with van der Waals surface area (Å²) in [7, 11) is 0. The molecule has 52 heavy (non-hydrogen) atoms. The third-order valence-corrected chi connectivity index (χ3v) is 14.1.